The molecule has 82 valence electrons. The number of ketones is 1. The number of allylic oxidation sites excluding steroid dienone is 4. The second-order valence-corrected chi connectivity index (χ2v) is 3.26. The average molecular weight is 213 g/mol. The molecule has 2 heteroatoms. The standard InChI is InChI=1S/C14H15NO/c1-3-8-13(15)12(4-2)14(16)11-9-6-5-7-10-11/h3-10H,1,15H2,2H3/b12-4+,13-8+. The summed E-state index contributed by atoms with van der Waals surface area (Å²) < 4.78 is 0. The molecule has 0 amide bonds. The Hall–Kier alpha value is -2.09. The number of carbonyl (C=O) groups excluding carboxylic acids is 1. The van der Waals surface area contributed by atoms with Gasteiger partial charge in [-0.3, -0.25) is 4.79 Å². The summed E-state index contributed by atoms with van der Waals surface area (Å²) in [5, 5.41) is 0. The maximum atomic E-state index is 12.1. The molecular formula is C14H15NO. The Kier molecular flexibility index (Phi) is 4.28. The maximum absolute atomic E-state index is 12.1. The Labute approximate surface area is 95.8 Å². The van der Waals surface area contributed by atoms with Crippen LogP contribution in [-0.4, -0.2) is 5.78 Å². The fourth-order valence-electron chi connectivity index (χ4n) is 1.39. The van der Waals surface area contributed by atoms with Gasteiger partial charge in [-0.2, -0.15) is 0 Å². The van der Waals surface area contributed by atoms with Gasteiger partial charge in [0.25, 0.3) is 0 Å². The highest BCUT2D eigenvalue weighted by atomic mass is 16.1. The summed E-state index contributed by atoms with van der Waals surface area (Å²) in [6.45, 7) is 5.35. The first-order valence-corrected chi connectivity index (χ1v) is 5.05. The molecule has 1 rings (SSSR count). The van der Waals surface area contributed by atoms with Crippen molar-refractivity contribution < 1.29 is 4.79 Å². The summed E-state index contributed by atoms with van der Waals surface area (Å²) in [5.74, 6) is -0.0706. The van der Waals surface area contributed by atoms with Gasteiger partial charge in [-0.05, 0) is 13.0 Å². The summed E-state index contributed by atoms with van der Waals surface area (Å²) >= 11 is 0. The van der Waals surface area contributed by atoms with Crippen molar-refractivity contribution in [3.63, 3.8) is 0 Å². The van der Waals surface area contributed by atoms with E-state index < -0.39 is 0 Å². The van der Waals surface area contributed by atoms with E-state index in [0.717, 1.165) is 0 Å². The molecule has 1 aromatic carbocycles. The first-order chi connectivity index (χ1) is 7.70. The third-order valence-corrected chi connectivity index (χ3v) is 2.18. The molecule has 0 spiro atoms. The van der Waals surface area contributed by atoms with E-state index in [2.05, 4.69) is 6.58 Å². The van der Waals surface area contributed by atoms with Gasteiger partial charge in [-0.1, -0.05) is 49.1 Å². The molecule has 0 aromatic heterocycles. The number of carbonyl (C=O) groups is 1. The lowest BCUT2D eigenvalue weighted by Gasteiger charge is -2.05. The predicted molar refractivity (Wildman–Crippen MR) is 67.0 cm³/mol. The Morgan fingerprint density at radius 3 is 2.44 bits per heavy atom. The van der Waals surface area contributed by atoms with Gasteiger partial charge >= 0.3 is 0 Å². The van der Waals surface area contributed by atoms with Crippen LogP contribution in [0.1, 0.15) is 17.3 Å². The van der Waals surface area contributed by atoms with E-state index in [0.29, 0.717) is 16.8 Å². The first-order valence-electron chi connectivity index (χ1n) is 5.05. The third-order valence-electron chi connectivity index (χ3n) is 2.18. The summed E-state index contributed by atoms with van der Waals surface area (Å²) in [6.07, 6.45) is 4.90. The lowest BCUT2D eigenvalue weighted by atomic mass is 10.0. The fourth-order valence-corrected chi connectivity index (χ4v) is 1.39. The van der Waals surface area contributed by atoms with Crippen LogP contribution in [0.25, 0.3) is 0 Å². The SMILES string of the molecule is C=C/C=C(N)\C(=C/C)C(=O)c1ccccc1. The van der Waals surface area contributed by atoms with E-state index in [1.807, 2.05) is 18.2 Å². The van der Waals surface area contributed by atoms with Crippen molar-refractivity contribution in [2.75, 3.05) is 0 Å². The van der Waals surface area contributed by atoms with Crippen LogP contribution in [0.2, 0.25) is 0 Å². The van der Waals surface area contributed by atoms with E-state index in [-0.39, 0.29) is 5.78 Å². The molecule has 2 N–H and O–H groups in total. The molecule has 0 atom stereocenters. The van der Waals surface area contributed by atoms with Crippen molar-refractivity contribution in [1.29, 1.82) is 0 Å². The van der Waals surface area contributed by atoms with Crippen molar-refractivity contribution in [2.45, 2.75) is 6.92 Å². The summed E-state index contributed by atoms with van der Waals surface area (Å²) in [7, 11) is 0. The third kappa shape index (κ3) is 2.70. The molecule has 0 aliphatic carbocycles. The second-order valence-electron chi connectivity index (χ2n) is 3.26. The molecule has 0 fully saturated rings. The van der Waals surface area contributed by atoms with E-state index in [1.165, 1.54) is 0 Å². The van der Waals surface area contributed by atoms with Gasteiger partial charge in [-0.15, -0.1) is 0 Å². The highest BCUT2D eigenvalue weighted by molar-refractivity contribution is 6.11. The summed E-state index contributed by atoms with van der Waals surface area (Å²) in [6, 6.07) is 9.07. The van der Waals surface area contributed by atoms with Crippen molar-refractivity contribution in [3.05, 3.63) is 72.0 Å². The van der Waals surface area contributed by atoms with Crippen LogP contribution in [0, 0.1) is 0 Å². The number of hydrogen-bond donors (Lipinski definition) is 1. The Balaban J connectivity index is 3.05. The van der Waals surface area contributed by atoms with Crippen LogP contribution in [0.3, 0.4) is 0 Å². The van der Waals surface area contributed by atoms with Crippen LogP contribution in [0.5, 0.6) is 0 Å². The van der Waals surface area contributed by atoms with Crippen molar-refractivity contribution >= 4 is 5.78 Å². The predicted octanol–water partition coefficient (Wildman–Crippen LogP) is 2.84. The molecule has 0 bridgehead atoms. The van der Waals surface area contributed by atoms with E-state index in [9.17, 15) is 4.79 Å². The zero-order chi connectivity index (χ0) is 12.0. The zero-order valence-corrected chi connectivity index (χ0v) is 9.31. The Morgan fingerprint density at radius 2 is 1.94 bits per heavy atom. The minimum Gasteiger partial charge on any atom is -0.398 e. The van der Waals surface area contributed by atoms with Crippen molar-refractivity contribution in [3.8, 4) is 0 Å². The first kappa shape index (κ1) is 12.0. The number of Topliss-reactive ketones (excluding diaryl/α,β-unsaturated/α-hetero) is 1. The molecular weight excluding hydrogens is 198 g/mol. The highest BCUT2D eigenvalue weighted by Crippen LogP contribution is 2.13. The lowest BCUT2D eigenvalue weighted by molar-refractivity contribution is 0.103. The van der Waals surface area contributed by atoms with Crippen LogP contribution < -0.4 is 5.73 Å². The van der Waals surface area contributed by atoms with Crippen LogP contribution >= 0.6 is 0 Å². The monoisotopic (exact) mass is 213 g/mol. The molecule has 1 aromatic rings. The van der Waals surface area contributed by atoms with E-state index in [1.54, 1.807) is 37.3 Å². The van der Waals surface area contributed by atoms with Crippen molar-refractivity contribution in [1.82, 2.24) is 0 Å². The molecule has 16 heavy (non-hydrogen) atoms. The number of benzene rings is 1. The van der Waals surface area contributed by atoms with Gasteiger partial charge in [0, 0.05) is 16.8 Å². The molecule has 0 heterocycles. The molecule has 2 nitrogen and oxygen atoms in total. The van der Waals surface area contributed by atoms with E-state index >= 15 is 0 Å². The quantitative estimate of drug-likeness (QED) is 0.475. The van der Waals surface area contributed by atoms with E-state index in [4.69, 9.17) is 5.73 Å². The Morgan fingerprint density at radius 1 is 1.31 bits per heavy atom. The minimum atomic E-state index is -0.0706. The van der Waals surface area contributed by atoms with Crippen LogP contribution in [-0.2, 0) is 0 Å². The maximum Gasteiger partial charge on any atom is 0.194 e. The molecule has 0 aliphatic heterocycles. The molecule has 0 saturated heterocycles. The van der Waals surface area contributed by atoms with Gasteiger partial charge in [-0.25, -0.2) is 0 Å². The van der Waals surface area contributed by atoms with Crippen LogP contribution in [0.4, 0.5) is 0 Å². The fraction of sp³-hybridized carbons (Fsp3) is 0.0714. The summed E-state index contributed by atoms with van der Waals surface area (Å²) in [4.78, 5) is 12.1. The highest BCUT2D eigenvalue weighted by Gasteiger charge is 2.12. The molecule has 0 radical (unpaired) electrons. The van der Waals surface area contributed by atoms with Gasteiger partial charge < -0.3 is 5.73 Å². The Bertz CT molecular complexity index is 441. The van der Waals surface area contributed by atoms with Crippen LogP contribution in [0.15, 0.2) is 66.4 Å². The van der Waals surface area contributed by atoms with Gasteiger partial charge in [0.05, 0.1) is 0 Å². The molecule has 0 saturated carbocycles. The van der Waals surface area contributed by atoms with Gasteiger partial charge in [0.2, 0.25) is 0 Å². The number of rotatable bonds is 4. The summed E-state index contributed by atoms with van der Waals surface area (Å²) in [5.41, 5.74) is 7.36. The normalized spacial score (nSPS) is 12.3. The lowest BCUT2D eigenvalue weighted by Crippen LogP contribution is -2.11. The smallest absolute Gasteiger partial charge is 0.194 e. The zero-order valence-electron chi connectivity index (χ0n) is 9.31. The number of hydrogen-bond acceptors (Lipinski definition) is 2. The minimum absolute atomic E-state index is 0.0706. The second kappa shape index (κ2) is 5.71. The molecule has 0 unspecified atom stereocenters. The topological polar surface area (TPSA) is 43.1 Å². The van der Waals surface area contributed by atoms with Gasteiger partial charge in [0.15, 0.2) is 5.78 Å². The largest absolute Gasteiger partial charge is 0.398 e. The van der Waals surface area contributed by atoms with Gasteiger partial charge in [0.1, 0.15) is 0 Å². The van der Waals surface area contributed by atoms with Crippen molar-refractivity contribution in [2.24, 2.45) is 5.73 Å². The molecule has 0 aliphatic rings. The number of nitrogens with two attached hydrogens (primary N) is 1. The average Bonchev–Trinajstić information content (AvgIpc) is 2.31.